The number of nitrogens with one attached hydrogen (secondary N) is 1. The van der Waals surface area contributed by atoms with Gasteiger partial charge in [-0.2, -0.15) is 5.26 Å². The van der Waals surface area contributed by atoms with E-state index >= 15 is 0 Å². The number of carbonyl (C=O) groups excluding carboxylic acids is 1. The van der Waals surface area contributed by atoms with Gasteiger partial charge in [0, 0.05) is 6.20 Å². The zero-order valence-corrected chi connectivity index (χ0v) is 11.0. The molecule has 0 aliphatic rings. The van der Waals surface area contributed by atoms with Crippen LogP contribution in [0.25, 0.3) is 0 Å². The van der Waals surface area contributed by atoms with Gasteiger partial charge >= 0.3 is 0 Å². The number of pyridine rings is 1. The molecule has 0 radical (unpaired) electrons. The van der Waals surface area contributed by atoms with Gasteiger partial charge in [0.05, 0.1) is 11.6 Å². The first-order chi connectivity index (χ1) is 9.67. The van der Waals surface area contributed by atoms with Gasteiger partial charge in [0.15, 0.2) is 6.61 Å². The summed E-state index contributed by atoms with van der Waals surface area (Å²) < 4.78 is 5.32. The number of amides is 1. The molecule has 0 bridgehead atoms. The molecule has 0 aliphatic carbocycles. The van der Waals surface area contributed by atoms with Gasteiger partial charge in [-0.1, -0.05) is 0 Å². The molecule has 1 aromatic carbocycles. The van der Waals surface area contributed by atoms with Crippen molar-refractivity contribution in [2.45, 2.75) is 6.92 Å². The highest BCUT2D eigenvalue weighted by Crippen LogP contribution is 2.11. The monoisotopic (exact) mass is 267 g/mol. The van der Waals surface area contributed by atoms with Crippen molar-refractivity contribution in [1.29, 1.82) is 5.26 Å². The molecule has 0 saturated heterocycles. The first kappa shape index (κ1) is 13.6. The Labute approximate surface area is 116 Å². The third kappa shape index (κ3) is 3.82. The maximum absolute atomic E-state index is 11.7. The number of benzene rings is 1. The number of nitrogens with zero attached hydrogens (tertiary/aromatic N) is 2. The van der Waals surface area contributed by atoms with Gasteiger partial charge in [0.2, 0.25) is 0 Å². The Hall–Kier alpha value is -2.87. The second-order valence-corrected chi connectivity index (χ2v) is 4.19. The lowest BCUT2D eigenvalue weighted by atomic mass is 10.2. The first-order valence-corrected chi connectivity index (χ1v) is 6.03. The van der Waals surface area contributed by atoms with E-state index in [9.17, 15) is 4.79 Å². The Morgan fingerprint density at radius 1 is 1.35 bits per heavy atom. The predicted molar refractivity (Wildman–Crippen MR) is 74.3 cm³/mol. The van der Waals surface area contributed by atoms with Gasteiger partial charge < -0.3 is 10.1 Å². The number of ether oxygens (including phenoxy) is 1. The molecule has 5 nitrogen and oxygen atoms in total. The quantitative estimate of drug-likeness (QED) is 0.922. The van der Waals surface area contributed by atoms with Gasteiger partial charge in [-0.25, -0.2) is 4.98 Å². The van der Waals surface area contributed by atoms with Crippen LogP contribution in [0.1, 0.15) is 11.1 Å². The van der Waals surface area contributed by atoms with Crippen molar-refractivity contribution in [2.24, 2.45) is 0 Å². The standard InChI is InChI=1S/C15H13N3O2/c1-11-6-7-17-14(8-11)18-15(19)10-20-13-4-2-12(9-16)3-5-13/h2-8H,10H2,1H3,(H,17,18,19). The van der Waals surface area contributed by atoms with Gasteiger partial charge in [-0.15, -0.1) is 0 Å². The molecule has 1 N–H and O–H groups in total. The number of nitriles is 1. The second kappa shape index (κ2) is 6.34. The Balaban J connectivity index is 1.87. The van der Waals surface area contributed by atoms with Crippen LogP contribution in [0, 0.1) is 18.3 Å². The molecule has 20 heavy (non-hydrogen) atoms. The molecule has 5 heteroatoms. The molecule has 0 aliphatic heterocycles. The average molecular weight is 267 g/mol. The SMILES string of the molecule is Cc1ccnc(NC(=O)COc2ccc(C#N)cc2)c1. The zero-order chi connectivity index (χ0) is 14.4. The van der Waals surface area contributed by atoms with Crippen LogP contribution in [-0.4, -0.2) is 17.5 Å². The van der Waals surface area contributed by atoms with Crippen LogP contribution in [0.3, 0.4) is 0 Å². The molecule has 100 valence electrons. The lowest BCUT2D eigenvalue weighted by molar-refractivity contribution is -0.118. The number of aryl methyl sites for hydroxylation is 1. The number of carbonyl (C=O) groups is 1. The smallest absolute Gasteiger partial charge is 0.263 e. The average Bonchev–Trinajstić information content (AvgIpc) is 2.46. The molecule has 0 saturated carbocycles. The molecule has 1 heterocycles. The molecule has 2 rings (SSSR count). The number of hydrogen-bond acceptors (Lipinski definition) is 4. The van der Waals surface area contributed by atoms with E-state index in [2.05, 4.69) is 10.3 Å². The van der Waals surface area contributed by atoms with E-state index in [4.69, 9.17) is 10.00 Å². The van der Waals surface area contributed by atoms with Crippen molar-refractivity contribution in [1.82, 2.24) is 4.98 Å². The Morgan fingerprint density at radius 2 is 2.10 bits per heavy atom. The van der Waals surface area contributed by atoms with Crippen molar-refractivity contribution in [3.63, 3.8) is 0 Å². The fourth-order valence-corrected chi connectivity index (χ4v) is 1.56. The highest BCUT2D eigenvalue weighted by atomic mass is 16.5. The van der Waals surface area contributed by atoms with E-state index in [1.165, 1.54) is 0 Å². The van der Waals surface area contributed by atoms with E-state index in [1.807, 2.05) is 19.1 Å². The van der Waals surface area contributed by atoms with E-state index in [1.54, 1.807) is 36.5 Å². The van der Waals surface area contributed by atoms with E-state index in [0.717, 1.165) is 5.56 Å². The number of rotatable bonds is 4. The first-order valence-electron chi connectivity index (χ1n) is 6.03. The summed E-state index contributed by atoms with van der Waals surface area (Å²) in [6, 6.07) is 12.2. The molecular weight excluding hydrogens is 254 g/mol. The molecule has 1 aromatic heterocycles. The van der Waals surface area contributed by atoms with E-state index < -0.39 is 0 Å². The maximum Gasteiger partial charge on any atom is 0.263 e. The highest BCUT2D eigenvalue weighted by Gasteiger charge is 2.04. The Bertz CT molecular complexity index is 645. The highest BCUT2D eigenvalue weighted by molar-refractivity contribution is 5.90. The summed E-state index contributed by atoms with van der Waals surface area (Å²) in [6.07, 6.45) is 1.63. The van der Waals surface area contributed by atoms with Crippen LogP contribution in [0.15, 0.2) is 42.6 Å². The largest absolute Gasteiger partial charge is 0.484 e. The third-order valence-electron chi connectivity index (χ3n) is 2.54. The van der Waals surface area contributed by atoms with Crippen molar-refractivity contribution in [3.8, 4) is 11.8 Å². The van der Waals surface area contributed by atoms with Crippen LogP contribution in [-0.2, 0) is 4.79 Å². The fraction of sp³-hybridized carbons (Fsp3) is 0.133. The molecular formula is C15H13N3O2. The summed E-state index contributed by atoms with van der Waals surface area (Å²) >= 11 is 0. The minimum absolute atomic E-state index is 0.110. The van der Waals surface area contributed by atoms with E-state index in [0.29, 0.717) is 17.1 Å². The van der Waals surface area contributed by atoms with Crippen LogP contribution >= 0.6 is 0 Å². The summed E-state index contributed by atoms with van der Waals surface area (Å²) in [5.41, 5.74) is 1.56. The van der Waals surface area contributed by atoms with Crippen LogP contribution in [0.2, 0.25) is 0 Å². The third-order valence-corrected chi connectivity index (χ3v) is 2.54. The minimum Gasteiger partial charge on any atom is -0.484 e. The number of hydrogen-bond donors (Lipinski definition) is 1. The Kier molecular flexibility index (Phi) is 4.30. The zero-order valence-electron chi connectivity index (χ0n) is 11.0. The lowest BCUT2D eigenvalue weighted by Crippen LogP contribution is -2.20. The molecule has 0 unspecified atom stereocenters. The maximum atomic E-state index is 11.7. The van der Waals surface area contributed by atoms with Crippen molar-refractivity contribution in [3.05, 3.63) is 53.7 Å². The number of anilines is 1. The minimum atomic E-state index is -0.285. The van der Waals surface area contributed by atoms with Crippen LogP contribution < -0.4 is 10.1 Å². The molecule has 0 spiro atoms. The summed E-state index contributed by atoms with van der Waals surface area (Å²) in [5, 5.41) is 11.3. The lowest BCUT2D eigenvalue weighted by Gasteiger charge is -2.07. The fourth-order valence-electron chi connectivity index (χ4n) is 1.56. The summed E-state index contributed by atoms with van der Waals surface area (Å²) in [7, 11) is 0. The molecule has 0 atom stereocenters. The Morgan fingerprint density at radius 3 is 2.75 bits per heavy atom. The predicted octanol–water partition coefficient (Wildman–Crippen LogP) is 2.28. The van der Waals surface area contributed by atoms with Crippen LogP contribution in [0.5, 0.6) is 5.75 Å². The number of aromatic nitrogens is 1. The molecule has 0 fully saturated rings. The van der Waals surface area contributed by atoms with Crippen molar-refractivity contribution >= 4 is 11.7 Å². The van der Waals surface area contributed by atoms with Crippen molar-refractivity contribution in [2.75, 3.05) is 11.9 Å². The molecule has 1 amide bonds. The summed E-state index contributed by atoms with van der Waals surface area (Å²) in [5.74, 6) is 0.752. The summed E-state index contributed by atoms with van der Waals surface area (Å²) in [4.78, 5) is 15.7. The van der Waals surface area contributed by atoms with Gasteiger partial charge in [-0.05, 0) is 48.9 Å². The van der Waals surface area contributed by atoms with Crippen LogP contribution in [0.4, 0.5) is 5.82 Å². The molecule has 2 aromatic rings. The van der Waals surface area contributed by atoms with Gasteiger partial charge in [-0.3, -0.25) is 4.79 Å². The van der Waals surface area contributed by atoms with Crippen molar-refractivity contribution < 1.29 is 9.53 Å². The van der Waals surface area contributed by atoms with E-state index in [-0.39, 0.29) is 12.5 Å². The topological polar surface area (TPSA) is 75.0 Å². The summed E-state index contributed by atoms with van der Waals surface area (Å²) in [6.45, 7) is 1.81. The normalized spacial score (nSPS) is 9.60. The van der Waals surface area contributed by atoms with Gasteiger partial charge in [0.25, 0.3) is 5.91 Å². The second-order valence-electron chi connectivity index (χ2n) is 4.19. The van der Waals surface area contributed by atoms with Gasteiger partial charge in [0.1, 0.15) is 11.6 Å².